The van der Waals surface area contributed by atoms with E-state index in [0.717, 1.165) is 19.6 Å². The van der Waals surface area contributed by atoms with Gasteiger partial charge in [-0.15, -0.1) is 0 Å². The summed E-state index contributed by atoms with van der Waals surface area (Å²) in [6.07, 6.45) is 5.16. The van der Waals surface area contributed by atoms with Crippen LogP contribution in [-0.4, -0.2) is 19.2 Å². The molecule has 2 nitrogen and oxygen atoms in total. The maximum absolute atomic E-state index is 5.82. The number of benzene rings is 1. The van der Waals surface area contributed by atoms with Crippen LogP contribution in [-0.2, 0) is 11.3 Å². The van der Waals surface area contributed by atoms with E-state index in [1.807, 2.05) is 0 Å². The molecule has 2 heteroatoms. The van der Waals surface area contributed by atoms with Gasteiger partial charge in [-0.3, -0.25) is 0 Å². The Bertz CT molecular complexity index is 369. The minimum absolute atomic E-state index is 0.678. The zero-order valence-corrected chi connectivity index (χ0v) is 11.7. The Kier molecular flexibility index (Phi) is 5.21. The summed E-state index contributed by atoms with van der Waals surface area (Å²) >= 11 is 0. The third kappa shape index (κ3) is 4.11. The molecular formula is C16H25NO. The average Bonchev–Trinajstić information content (AvgIpc) is 2.40. The minimum Gasteiger partial charge on any atom is -0.377 e. The second kappa shape index (κ2) is 6.91. The number of nitrogens with one attached hydrogen (secondary N) is 1. The van der Waals surface area contributed by atoms with Crippen molar-refractivity contribution in [2.75, 3.05) is 13.2 Å². The first-order chi connectivity index (χ1) is 8.75. The van der Waals surface area contributed by atoms with Gasteiger partial charge in [0.1, 0.15) is 0 Å². The first kappa shape index (κ1) is 13.6. The van der Waals surface area contributed by atoms with Crippen LogP contribution in [0.25, 0.3) is 0 Å². The molecule has 1 aromatic carbocycles. The lowest BCUT2D eigenvalue weighted by molar-refractivity contribution is 0.108. The second-order valence-corrected chi connectivity index (χ2v) is 5.42. The number of piperidine rings is 1. The fourth-order valence-electron chi connectivity index (χ4n) is 2.53. The molecule has 2 rings (SSSR count). The lowest BCUT2D eigenvalue weighted by atomic mass is 10.0. The Hall–Kier alpha value is -0.860. The molecule has 100 valence electrons. The zero-order chi connectivity index (χ0) is 12.8. The highest BCUT2D eigenvalue weighted by Gasteiger charge is 2.11. The van der Waals surface area contributed by atoms with E-state index in [9.17, 15) is 0 Å². The van der Waals surface area contributed by atoms with Gasteiger partial charge in [0.05, 0.1) is 6.61 Å². The van der Waals surface area contributed by atoms with Crippen LogP contribution in [0.1, 0.15) is 42.4 Å². The molecule has 0 aliphatic carbocycles. The van der Waals surface area contributed by atoms with Crippen LogP contribution in [0.4, 0.5) is 0 Å². The van der Waals surface area contributed by atoms with E-state index in [1.54, 1.807) is 0 Å². The molecule has 0 radical (unpaired) electrons. The molecule has 1 aromatic rings. The summed E-state index contributed by atoms with van der Waals surface area (Å²) in [5, 5.41) is 3.56. The SMILES string of the molecule is Cc1ccc(C)c(COCCC2CCCCN2)c1. The predicted molar refractivity (Wildman–Crippen MR) is 75.8 cm³/mol. The number of ether oxygens (including phenoxy) is 1. The predicted octanol–water partition coefficient (Wildman–Crippen LogP) is 3.35. The summed E-state index contributed by atoms with van der Waals surface area (Å²) < 4.78 is 5.82. The van der Waals surface area contributed by atoms with Crippen molar-refractivity contribution in [2.24, 2.45) is 0 Å². The fourth-order valence-corrected chi connectivity index (χ4v) is 2.53. The van der Waals surface area contributed by atoms with Crippen molar-refractivity contribution in [2.45, 2.75) is 52.2 Å². The smallest absolute Gasteiger partial charge is 0.0719 e. The van der Waals surface area contributed by atoms with Crippen molar-refractivity contribution in [3.8, 4) is 0 Å². The van der Waals surface area contributed by atoms with E-state index in [0.29, 0.717) is 6.04 Å². The zero-order valence-electron chi connectivity index (χ0n) is 11.7. The van der Waals surface area contributed by atoms with E-state index in [-0.39, 0.29) is 0 Å². The van der Waals surface area contributed by atoms with E-state index in [4.69, 9.17) is 4.74 Å². The standard InChI is InChI=1S/C16H25NO/c1-13-6-7-14(2)15(11-13)12-18-10-8-16-5-3-4-9-17-16/h6-7,11,16-17H,3-5,8-10,12H2,1-2H3. The summed E-state index contributed by atoms with van der Waals surface area (Å²) in [6, 6.07) is 7.24. The Morgan fingerprint density at radius 2 is 2.17 bits per heavy atom. The van der Waals surface area contributed by atoms with E-state index in [2.05, 4.69) is 37.4 Å². The maximum Gasteiger partial charge on any atom is 0.0719 e. The van der Waals surface area contributed by atoms with Crippen LogP contribution in [0.15, 0.2) is 18.2 Å². The summed E-state index contributed by atoms with van der Waals surface area (Å²) in [7, 11) is 0. The Morgan fingerprint density at radius 3 is 2.94 bits per heavy atom. The lowest BCUT2D eigenvalue weighted by Crippen LogP contribution is -2.34. The summed E-state index contributed by atoms with van der Waals surface area (Å²) in [5.41, 5.74) is 3.97. The lowest BCUT2D eigenvalue weighted by Gasteiger charge is -2.23. The van der Waals surface area contributed by atoms with Crippen LogP contribution in [0, 0.1) is 13.8 Å². The van der Waals surface area contributed by atoms with E-state index >= 15 is 0 Å². The molecule has 0 amide bonds. The van der Waals surface area contributed by atoms with Crippen molar-refractivity contribution in [1.82, 2.24) is 5.32 Å². The van der Waals surface area contributed by atoms with Crippen molar-refractivity contribution in [3.05, 3.63) is 34.9 Å². The number of hydrogen-bond donors (Lipinski definition) is 1. The highest BCUT2D eigenvalue weighted by molar-refractivity contribution is 5.29. The largest absolute Gasteiger partial charge is 0.377 e. The van der Waals surface area contributed by atoms with Crippen molar-refractivity contribution >= 4 is 0 Å². The van der Waals surface area contributed by atoms with Crippen LogP contribution >= 0.6 is 0 Å². The third-order valence-electron chi connectivity index (χ3n) is 3.79. The quantitative estimate of drug-likeness (QED) is 0.806. The molecule has 0 spiro atoms. The van der Waals surface area contributed by atoms with Gasteiger partial charge >= 0.3 is 0 Å². The van der Waals surface area contributed by atoms with Gasteiger partial charge in [-0.1, -0.05) is 30.2 Å². The molecule has 1 fully saturated rings. The van der Waals surface area contributed by atoms with Gasteiger partial charge in [0.2, 0.25) is 0 Å². The maximum atomic E-state index is 5.82. The molecule has 1 unspecified atom stereocenters. The molecule has 1 aliphatic rings. The molecule has 1 aliphatic heterocycles. The highest BCUT2D eigenvalue weighted by Crippen LogP contribution is 2.13. The number of hydrogen-bond acceptors (Lipinski definition) is 2. The molecular weight excluding hydrogens is 222 g/mol. The van der Waals surface area contributed by atoms with Gasteiger partial charge in [0.25, 0.3) is 0 Å². The van der Waals surface area contributed by atoms with E-state index in [1.165, 1.54) is 42.5 Å². The number of rotatable bonds is 5. The molecule has 1 heterocycles. The van der Waals surface area contributed by atoms with Gasteiger partial charge in [-0.05, 0) is 50.8 Å². The second-order valence-electron chi connectivity index (χ2n) is 5.42. The van der Waals surface area contributed by atoms with Crippen LogP contribution in [0.3, 0.4) is 0 Å². The van der Waals surface area contributed by atoms with Crippen LogP contribution in [0.2, 0.25) is 0 Å². The molecule has 0 saturated carbocycles. The molecule has 18 heavy (non-hydrogen) atoms. The van der Waals surface area contributed by atoms with Gasteiger partial charge in [0.15, 0.2) is 0 Å². The first-order valence-electron chi connectivity index (χ1n) is 7.13. The minimum atomic E-state index is 0.678. The monoisotopic (exact) mass is 247 g/mol. The third-order valence-corrected chi connectivity index (χ3v) is 3.79. The molecule has 1 N–H and O–H groups in total. The summed E-state index contributed by atoms with van der Waals surface area (Å²) in [4.78, 5) is 0. The summed E-state index contributed by atoms with van der Waals surface area (Å²) in [6.45, 7) is 7.09. The van der Waals surface area contributed by atoms with E-state index < -0.39 is 0 Å². The topological polar surface area (TPSA) is 21.3 Å². The van der Waals surface area contributed by atoms with Gasteiger partial charge in [-0.2, -0.15) is 0 Å². The van der Waals surface area contributed by atoms with Crippen molar-refractivity contribution < 1.29 is 4.74 Å². The average molecular weight is 247 g/mol. The van der Waals surface area contributed by atoms with Gasteiger partial charge in [-0.25, -0.2) is 0 Å². The van der Waals surface area contributed by atoms with Crippen LogP contribution < -0.4 is 5.32 Å². The molecule has 0 aromatic heterocycles. The van der Waals surface area contributed by atoms with Gasteiger partial charge < -0.3 is 10.1 Å². The highest BCUT2D eigenvalue weighted by atomic mass is 16.5. The number of aryl methyl sites for hydroxylation is 2. The normalized spacial score (nSPS) is 20.0. The van der Waals surface area contributed by atoms with Crippen molar-refractivity contribution in [3.63, 3.8) is 0 Å². The summed E-state index contributed by atoms with van der Waals surface area (Å²) in [5.74, 6) is 0. The molecule has 1 saturated heterocycles. The Morgan fingerprint density at radius 1 is 1.28 bits per heavy atom. The molecule has 1 atom stereocenters. The first-order valence-corrected chi connectivity index (χ1v) is 7.13. The fraction of sp³-hybridized carbons (Fsp3) is 0.625. The van der Waals surface area contributed by atoms with Gasteiger partial charge in [0, 0.05) is 12.6 Å². The Balaban J connectivity index is 1.69. The Labute approximate surface area is 111 Å². The molecule has 0 bridgehead atoms. The van der Waals surface area contributed by atoms with Crippen LogP contribution in [0.5, 0.6) is 0 Å². The van der Waals surface area contributed by atoms with Crippen molar-refractivity contribution in [1.29, 1.82) is 0 Å².